The maximum atomic E-state index is 5.43. The Kier molecular flexibility index (Phi) is 2.83. The molecule has 0 aliphatic carbocycles. The first-order valence-corrected chi connectivity index (χ1v) is 6.58. The fraction of sp³-hybridized carbons (Fsp3) is 0.500. The molecule has 96 valence electrons. The minimum absolute atomic E-state index is 0.733. The van der Waals surface area contributed by atoms with E-state index in [0.29, 0.717) is 0 Å². The Hall–Kier alpha value is -1.40. The molecule has 0 bridgehead atoms. The first-order chi connectivity index (χ1) is 8.66. The van der Waals surface area contributed by atoms with Gasteiger partial charge < -0.3 is 14.9 Å². The highest BCUT2D eigenvalue weighted by atomic mass is 32.1. The van der Waals surface area contributed by atoms with Crippen LogP contribution in [0.2, 0.25) is 0 Å². The van der Waals surface area contributed by atoms with Gasteiger partial charge in [0.15, 0.2) is 10.4 Å². The molecule has 0 atom stereocenters. The molecule has 1 N–H and O–H groups in total. The summed E-state index contributed by atoms with van der Waals surface area (Å²) >= 11 is 5.43. The van der Waals surface area contributed by atoms with Crippen LogP contribution in [-0.2, 0) is 0 Å². The molecule has 18 heavy (non-hydrogen) atoms. The lowest BCUT2D eigenvalue weighted by Crippen LogP contribution is -2.49. The maximum absolute atomic E-state index is 5.43. The topological polar surface area (TPSA) is 40.1 Å². The summed E-state index contributed by atoms with van der Waals surface area (Å²) in [5.41, 5.74) is 3.16. The lowest BCUT2D eigenvalue weighted by molar-refractivity contribution is 0.288. The number of fused-ring (bicyclic) bond motifs is 1. The second kappa shape index (κ2) is 4.37. The third-order valence-electron chi connectivity index (χ3n) is 3.53. The van der Waals surface area contributed by atoms with Crippen molar-refractivity contribution in [2.45, 2.75) is 6.92 Å². The molecule has 0 saturated carbocycles. The molecule has 6 heteroatoms. The molecule has 3 heterocycles. The van der Waals surface area contributed by atoms with Crippen molar-refractivity contribution in [3.63, 3.8) is 0 Å². The molecule has 0 aromatic carbocycles. The van der Waals surface area contributed by atoms with E-state index in [0.717, 1.165) is 42.1 Å². The predicted molar refractivity (Wildman–Crippen MR) is 75.1 cm³/mol. The summed E-state index contributed by atoms with van der Waals surface area (Å²) in [6.07, 6.45) is 1.84. The number of nitrogens with one attached hydrogen (secondary N) is 1. The molecular formula is C12H17N5S. The van der Waals surface area contributed by atoms with Gasteiger partial charge in [-0.3, -0.25) is 0 Å². The van der Waals surface area contributed by atoms with E-state index < -0.39 is 0 Å². The molecule has 3 rings (SSSR count). The molecule has 1 aliphatic heterocycles. The zero-order valence-electron chi connectivity index (χ0n) is 10.7. The number of hydrogen-bond donors (Lipinski definition) is 1. The average molecular weight is 263 g/mol. The van der Waals surface area contributed by atoms with Crippen LogP contribution in [0.3, 0.4) is 0 Å². The number of aryl methyl sites for hydroxylation is 1. The van der Waals surface area contributed by atoms with Crippen LogP contribution in [0.1, 0.15) is 5.56 Å². The van der Waals surface area contributed by atoms with Crippen LogP contribution in [0.4, 0.5) is 0 Å². The second-order valence-corrected chi connectivity index (χ2v) is 5.21. The molecule has 1 fully saturated rings. The summed E-state index contributed by atoms with van der Waals surface area (Å²) in [7, 11) is 2.15. The SMILES string of the molecule is Cc1ccnc2c1[nH]c(=S)n2N1CCN(C)CC1. The molecule has 0 unspecified atom stereocenters. The van der Waals surface area contributed by atoms with Crippen LogP contribution >= 0.6 is 12.2 Å². The Bertz CT molecular complexity index is 621. The summed E-state index contributed by atoms with van der Waals surface area (Å²) in [5, 5.41) is 2.27. The van der Waals surface area contributed by atoms with Crippen LogP contribution in [0.15, 0.2) is 12.3 Å². The van der Waals surface area contributed by atoms with Crippen LogP contribution in [0.25, 0.3) is 11.2 Å². The third-order valence-corrected chi connectivity index (χ3v) is 3.80. The van der Waals surface area contributed by atoms with E-state index in [9.17, 15) is 0 Å². The number of rotatable bonds is 1. The highest BCUT2D eigenvalue weighted by molar-refractivity contribution is 7.71. The molecule has 5 nitrogen and oxygen atoms in total. The van der Waals surface area contributed by atoms with Gasteiger partial charge in [0.25, 0.3) is 0 Å². The number of H-pyrrole nitrogens is 1. The van der Waals surface area contributed by atoms with Crippen molar-refractivity contribution >= 4 is 23.4 Å². The zero-order valence-corrected chi connectivity index (χ0v) is 11.5. The largest absolute Gasteiger partial charge is 0.328 e. The molecular weight excluding hydrogens is 246 g/mol. The van der Waals surface area contributed by atoms with E-state index in [1.165, 1.54) is 5.56 Å². The van der Waals surface area contributed by atoms with Gasteiger partial charge in [0.1, 0.15) is 0 Å². The van der Waals surface area contributed by atoms with Gasteiger partial charge in [0, 0.05) is 32.4 Å². The Balaban J connectivity index is 2.09. The first kappa shape index (κ1) is 11.7. The van der Waals surface area contributed by atoms with Crippen LogP contribution < -0.4 is 5.01 Å². The smallest absolute Gasteiger partial charge is 0.198 e. The number of likely N-dealkylation sites (N-methyl/N-ethyl adjacent to an activating group) is 1. The lowest BCUT2D eigenvalue weighted by Gasteiger charge is -2.34. The molecule has 0 spiro atoms. The van der Waals surface area contributed by atoms with E-state index in [2.05, 4.69) is 33.8 Å². The Morgan fingerprint density at radius 2 is 2.00 bits per heavy atom. The molecule has 0 radical (unpaired) electrons. The lowest BCUT2D eigenvalue weighted by atomic mass is 10.3. The molecule has 1 saturated heterocycles. The number of piperazine rings is 1. The molecule has 2 aromatic rings. The summed E-state index contributed by atoms with van der Waals surface area (Å²) in [5.74, 6) is 0. The number of pyridine rings is 1. The summed E-state index contributed by atoms with van der Waals surface area (Å²) in [6.45, 7) is 6.14. The highest BCUT2D eigenvalue weighted by Crippen LogP contribution is 2.16. The van der Waals surface area contributed by atoms with Crippen molar-refractivity contribution in [3.05, 3.63) is 22.6 Å². The van der Waals surface area contributed by atoms with Gasteiger partial charge in [-0.05, 0) is 37.8 Å². The first-order valence-electron chi connectivity index (χ1n) is 6.17. The second-order valence-electron chi connectivity index (χ2n) is 4.83. The minimum Gasteiger partial charge on any atom is -0.328 e. The minimum atomic E-state index is 0.733. The zero-order chi connectivity index (χ0) is 12.7. The number of aromatic nitrogens is 3. The van der Waals surface area contributed by atoms with Crippen LogP contribution in [0, 0.1) is 11.7 Å². The van der Waals surface area contributed by atoms with Gasteiger partial charge in [0.05, 0.1) is 5.52 Å². The highest BCUT2D eigenvalue weighted by Gasteiger charge is 2.18. The van der Waals surface area contributed by atoms with Crippen LogP contribution in [0.5, 0.6) is 0 Å². The fourth-order valence-electron chi connectivity index (χ4n) is 2.37. The van der Waals surface area contributed by atoms with Crippen molar-refractivity contribution < 1.29 is 0 Å². The van der Waals surface area contributed by atoms with E-state index >= 15 is 0 Å². The van der Waals surface area contributed by atoms with Gasteiger partial charge in [-0.1, -0.05) is 0 Å². The van der Waals surface area contributed by atoms with E-state index in [1.54, 1.807) is 0 Å². The molecule has 1 aliphatic rings. The van der Waals surface area contributed by atoms with Gasteiger partial charge in [-0.25, -0.2) is 9.66 Å². The van der Waals surface area contributed by atoms with E-state index in [1.807, 2.05) is 16.9 Å². The molecule has 0 amide bonds. The van der Waals surface area contributed by atoms with Crippen molar-refractivity contribution in [2.24, 2.45) is 0 Å². The van der Waals surface area contributed by atoms with Crippen molar-refractivity contribution in [1.29, 1.82) is 0 Å². The van der Waals surface area contributed by atoms with Gasteiger partial charge >= 0.3 is 0 Å². The quantitative estimate of drug-likeness (QED) is 0.787. The van der Waals surface area contributed by atoms with E-state index in [4.69, 9.17) is 12.2 Å². The monoisotopic (exact) mass is 263 g/mol. The summed E-state index contributed by atoms with van der Waals surface area (Å²) in [4.78, 5) is 10.1. The standard InChI is InChI=1S/C12H17N5S/c1-9-3-4-13-11-10(9)14-12(18)17(11)16-7-5-15(2)6-8-16/h3-4H,5-8H2,1-2H3,(H,14,18). The van der Waals surface area contributed by atoms with Crippen molar-refractivity contribution in [1.82, 2.24) is 19.5 Å². The predicted octanol–water partition coefficient (Wildman–Crippen LogP) is 1.29. The number of imidazole rings is 1. The van der Waals surface area contributed by atoms with Crippen LogP contribution in [-0.4, -0.2) is 52.8 Å². The number of hydrogen-bond acceptors (Lipinski definition) is 4. The fourth-order valence-corrected chi connectivity index (χ4v) is 2.68. The Morgan fingerprint density at radius 3 is 2.72 bits per heavy atom. The summed E-state index contributed by atoms with van der Waals surface area (Å²) in [6, 6.07) is 2.00. The summed E-state index contributed by atoms with van der Waals surface area (Å²) < 4.78 is 2.78. The average Bonchev–Trinajstić information content (AvgIpc) is 2.69. The van der Waals surface area contributed by atoms with Crippen molar-refractivity contribution in [2.75, 3.05) is 38.2 Å². The van der Waals surface area contributed by atoms with E-state index in [-0.39, 0.29) is 0 Å². The number of nitrogens with zero attached hydrogens (tertiary/aromatic N) is 4. The maximum Gasteiger partial charge on any atom is 0.198 e. The Labute approximate surface area is 111 Å². The Morgan fingerprint density at radius 1 is 1.28 bits per heavy atom. The molecule has 2 aromatic heterocycles. The van der Waals surface area contributed by atoms with Gasteiger partial charge in [0.2, 0.25) is 0 Å². The normalized spacial score (nSPS) is 17.6. The number of aromatic amines is 1. The van der Waals surface area contributed by atoms with Crippen molar-refractivity contribution in [3.8, 4) is 0 Å². The van der Waals surface area contributed by atoms with Gasteiger partial charge in [-0.15, -0.1) is 0 Å². The third kappa shape index (κ3) is 1.81. The van der Waals surface area contributed by atoms with Gasteiger partial charge in [-0.2, -0.15) is 0 Å².